The Morgan fingerprint density at radius 3 is 1.93 bits per heavy atom. The second-order valence-corrected chi connectivity index (χ2v) is 10.2. The standard InChI is InChI=1S/C26H34FIN2/c1-17-3-7-19(8-4-17)20-11-13-21(14-12-20)23-16-26(29-30-28)24(15-25(23)27)22-9-5-18(2)6-10-22/h11-19,22,29-30H,3-10H2,1-2H3. The van der Waals surface area contributed by atoms with Crippen LogP contribution in [0.1, 0.15) is 88.2 Å². The molecule has 2 fully saturated rings. The van der Waals surface area contributed by atoms with Gasteiger partial charge in [0, 0.05) is 28.4 Å². The molecule has 0 spiro atoms. The van der Waals surface area contributed by atoms with Gasteiger partial charge in [-0.3, -0.25) is 0 Å². The van der Waals surface area contributed by atoms with Crippen molar-refractivity contribution >= 4 is 28.6 Å². The highest BCUT2D eigenvalue weighted by molar-refractivity contribution is 14.1. The van der Waals surface area contributed by atoms with Crippen LogP contribution < -0.4 is 9.06 Å². The summed E-state index contributed by atoms with van der Waals surface area (Å²) < 4.78 is 18.3. The summed E-state index contributed by atoms with van der Waals surface area (Å²) in [7, 11) is 0. The van der Waals surface area contributed by atoms with Crippen LogP contribution in [0.15, 0.2) is 36.4 Å². The number of hydrogen-bond donors (Lipinski definition) is 2. The molecule has 0 heterocycles. The fourth-order valence-corrected chi connectivity index (χ4v) is 5.70. The monoisotopic (exact) mass is 520 g/mol. The van der Waals surface area contributed by atoms with Crippen molar-refractivity contribution in [3.05, 3.63) is 53.3 Å². The second-order valence-electron chi connectivity index (χ2n) is 9.67. The molecule has 4 rings (SSSR count). The maximum Gasteiger partial charge on any atom is 0.131 e. The van der Waals surface area contributed by atoms with Gasteiger partial charge in [-0.2, -0.15) is 3.64 Å². The van der Waals surface area contributed by atoms with E-state index in [1.54, 1.807) is 6.07 Å². The van der Waals surface area contributed by atoms with E-state index in [0.29, 0.717) is 17.4 Å². The number of benzene rings is 2. The number of anilines is 1. The molecule has 0 atom stereocenters. The first kappa shape index (κ1) is 22.1. The van der Waals surface area contributed by atoms with E-state index < -0.39 is 0 Å². The lowest BCUT2D eigenvalue weighted by Crippen LogP contribution is -2.16. The van der Waals surface area contributed by atoms with Crippen molar-refractivity contribution < 1.29 is 4.39 Å². The van der Waals surface area contributed by atoms with E-state index in [4.69, 9.17) is 0 Å². The van der Waals surface area contributed by atoms with E-state index in [1.165, 1.54) is 44.1 Å². The van der Waals surface area contributed by atoms with Crippen LogP contribution in [0.4, 0.5) is 10.1 Å². The lowest BCUT2D eigenvalue weighted by molar-refractivity contribution is 0.348. The fourth-order valence-electron chi connectivity index (χ4n) is 5.41. The minimum absolute atomic E-state index is 0.109. The zero-order chi connectivity index (χ0) is 21.1. The first-order chi connectivity index (χ1) is 14.5. The molecule has 0 aliphatic heterocycles. The summed E-state index contributed by atoms with van der Waals surface area (Å²) in [5, 5.41) is 0. The van der Waals surface area contributed by atoms with Gasteiger partial charge in [0.15, 0.2) is 0 Å². The summed E-state index contributed by atoms with van der Waals surface area (Å²) in [6.45, 7) is 4.68. The molecule has 162 valence electrons. The largest absolute Gasteiger partial charge is 0.312 e. The highest BCUT2D eigenvalue weighted by Crippen LogP contribution is 2.41. The van der Waals surface area contributed by atoms with Crippen LogP contribution in [0.3, 0.4) is 0 Å². The minimum atomic E-state index is -0.109. The van der Waals surface area contributed by atoms with Crippen LogP contribution in [0.25, 0.3) is 11.1 Å². The Morgan fingerprint density at radius 1 is 0.800 bits per heavy atom. The molecule has 30 heavy (non-hydrogen) atoms. The Bertz CT molecular complexity index is 835. The third-order valence-electron chi connectivity index (χ3n) is 7.49. The molecule has 0 bridgehead atoms. The number of rotatable bonds is 5. The van der Waals surface area contributed by atoms with Crippen molar-refractivity contribution in [1.82, 2.24) is 3.64 Å². The lowest BCUT2D eigenvalue weighted by Gasteiger charge is -2.28. The van der Waals surface area contributed by atoms with Crippen molar-refractivity contribution in [2.75, 3.05) is 5.43 Å². The minimum Gasteiger partial charge on any atom is -0.312 e. The van der Waals surface area contributed by atoms with Gasteiger partial charge >= 0.3 is 0 Å². The molecule has 2 N–H and O–H groups in total. The van der Waals surface area contributed by atoms with Crippen LogP contribution in [-0.2, 0) is 0 Å². The normalized spacial score (nSPS) is 27.1. The fraction of sp³-hybridized carbons (Fsp3) is 0.538. The van der Waals surface area contributed by atoms with Gasteiger partial charge < -0.3 is 5.43 Å². The zero-order valence-corrected chi connectivity index (χ0v) is 20.3. The van der Waals surface area contributed by atoms with Gasteiger partial charge in [-0.1, -0.05) is 63.8 Å². The van der Waals surface area contributed by atoms with Gasteiger partial charge in [0.1, 0.15) is 5.82 Å². The molecule has 2 aromatic rings. The highest BCUT2D eigenvalue weighted by Gasteiger charge is 2.24. The van der Waals surface area contributed by atoms with Crippen molar-refractivity contribution in [1.29, 1.82) is 0 Å². The second kappa shape index (κ2) is 9.99. The van der Waals surface area contributed by atoms with Gasteiger partial charge in [0.05, 0.1) is 5.69 Å². The quantitative estimate of drug-likeness (QED) is 0.235. The number of hydrogen-bond acceptors (Lipinski definition) is 2. The molecule has 2 saturated carbocycles. The van der Waals surface area contributed by atoms with Crippen LogP contribution in [0.5, 0.6) is 0 Å². The van der Waals surface area contributed by atoms with E-state index in [2.05, 4.69) is 70.0 Å². The Hall–Kier alpha value is -1.14. The van der Waals surface area contributed by atoms with Crippen molar-refractivity contribution in [3.8, 4) is 11.1 Å². The van der Waals surface area contributed by atoms with E-state index >= 15 is 4.39 Å². The first-order valence-corrected chi connectivity index (χ1v) is 12.7. The van der Waals surface area contributed by atoms with E-state index in [1.807, 2.05) is 6.07 Å². The van der Waals surface area contributed by atoms with Crippen LogP contribution >= 0.6 is 22.9 Å². The summed E-state index contributed by atoms with van der Waals surface area (Å²) >= 11 is 2.09. The van der Waals surface area contributed by atoms with Crippen molar-refractivity contribution in [3.63, 3.8) is 0 Å². The summed E-state index contributed by atoms with van der Waals surface area (Å²) in [6, 6.07) is 12.4. The van der Waals surface area contributed by atoms with Gasteiger partial charge in [0.25, 0.3) is 0 Å². The predicted molar refractivity (Wildman–Crippen MR) is 133 cm³/mol. The average Bonchev–Trinajstić information content (AvgIpc) is 2.76. The van der Waals surface area contributed by atoms with E-state index in [0.717, 1.165) is 41.5 Å². The van der Waals surface area contributed by atoms with E-state index in [9.17, 15) is 0 Å². The molecule has 2 aliphatic carbocycles. The summed E-state index contributed by atoms with van der Waals surface area (Å²) in [5.74, 6) is 2.64. The van der Waals surface area contributed by atoms with Crippen LogP contribution in [-0.4, -0.2) is 0 Å². The highest BCUT2D eigenvalue weighted by atomic mass is 127. The Balaban J connectivity index is 1.58. The molecule has 2 aromatic carbocycles. The van der Waals surface area contributed by atoms with Crippen molar-refractivity contribution in [2.24, 2.45) is 11.8 Å². The Labute approximate surface area is 194 Å². The molecule has 4 heteroatoms. The molecule has 0 unspecified atom stereocenters. The molecular formula is C26H34FIN2. The maximum absolute atomic E-state index is 15.2. The molecule has 0 saturated heterocycles. The maximum atomic E-state index is 15.2. The predicted octanol–water partition coefficient (Wildman–Crippen LogP) is 8.35. The first-order valence-electron chi connectivity index (χ1n) is 11.6. The van der Waals surface area contributed by atoms with Crippen molar-refractivity contribution in [2.45, 2.75) is 77.0 Å². The molecule has 0 radical (unpaired) electrons. The molecule has 2 aliphatic rings. The summed E-state index contributed by atoms with van der Waals surface area (Å²) in [4.78, 5) is 0. The summed E-state index contributed by atoms with van der Waals surface area (Å²) in [6.07, 6.45) is 9.94. The lowest BCUT2D eigenvalue weighted by atomic mass is 9.78. The number of nitrogens with one attached hydrogen (secondary N) is 2. The SMILES string of the molecule is CC1CCC(c2ccc(-c3cc(NNI)c(C4CCC(C)CC4)cc3F)cc2)CC1. The zero-order valence-electron chi connectivity index (χ0n) is 18.2. The molecule has 2 nitrogen and oxygen atoms in total. The average molecular weight is 520 g/mol. The Morgan fingerprint density at radius 2 is 1.37 bits per heavy atom. The molecule has 0 amide bonds. The smallest absolute Gasteiger partial charge is 0.131 e. The Kier molecular flexibility index (Phi) is 7.35. The molecule has 0 aromatic heterocycles. The number of hydrazine groups is 1. The van der Waals surface area contributed by atoms with Gasteiger partial charge in [-0.25, -0.2) is 4.39 Å². The van der Waals surface area contributed by atoms with Crippen LogP contribution in [0, 0.1) is 17.7 Å². The van der Waals surface area contributed by atoms with Gasteiger partial charge in [0.2, 0.25) is 0 Å². The van der Waals surface area contributed by atoms with E-state index in [-0.39, 0.29) is 5.82 Å². The number of halogens is 2. The molecular weight excluding hydrogens is 486 g/mol. The van der Waals surface area contributed by atoms with Crippen LogP contribution in [0.2, 0.25) is 0 Å². The third-order valence-corrected chi connectivity index (χ3v) is 7.76. The topological polar surface area (TPSA) is 24.1 Å². The summed E-state index contributed by atoms with van der Waals surface area (Å²) in [5.41, 5.74) is 8.42. The third kappa shape index (κ3) is 5.01. The van der Waals surface area contributed by atoms with Gasteiger partial charge in [-0.15, -0.1) is 0 Å². The van der Waals surface area contributed by atoms with Gasteiger partial charge in [-0.05, 0) is 78.2 Å².